The van der Waals surface area contributed by atoms with Gasteiger partial charge in [0.2, 0.25) is 0 Å². The van der Waals surface area contributed by atoms with Gasteiger partial charge in [0.25, 0.3) is 0 Å². The van der Waals surface area contributed by atoms with Crippen molar-refractivity contribution in [2.24, 2.45) is 0 Å². The normalized spacial score (nSPS) is 13.3. The van der Waals surface area contributed by atoms with Crippen LogP contribution in [0, 0.1) is 0 Å². The molecule has 2 rings (SSSR count). The van der Waals surface area contributed by atoms with E-state index in [4.69, 9.17) is 4.74 Å². The number of unbranched alkanes of at least 4 members (excludes halogenated alkanes) is 4. The largest absolute Gasteiger partial charge is 0.493 e. The second-order valence-corrected chi connectivity index (χ2v) is 6.25. The molecule has 0 atom stereocenters. The van der Waals surface area contributed by atoms with Gasteiger partial charge in [-0.3, -0.25) is 0 Å². The lowest BCUT2D eigenvalue weighted by Gasteiger charge is -2.20. The second-order valence-electron chi connectivity index (χ2n) is 6.25. The fraction of sp³-hybridized carbons (Fsp3) is 0.684. The van der Waals surface area contributed by atoms with Crippen molar-refractivity contribution in [2.75, 3.05) is 11.9 Å². The lowest BCUT2D eigenvalue weighted by atomic mass is 10.0. The maximum Gasteiger partial charge on any atom is 0.122 e. The monoisotopic (exact) mass is 289 g/mol. The van der Waals surface area contributed by atoms with E-state index in [0.29, 0.717) is 6.04 Å². The van der Waals surface area contributed by atoms with E-state index in [1.165, 1.54) is 62.6 Å². The minimum Gasteiger partial charge on any atom is -0.493 e. The topological polar surface area (TPSA) is 21.3 Å². The quantitative estimate of drug-likeness (QED) is 0.569. The van der Waals surface area contributed by atoms with E-state index in [1.807, 2.05) is 0 Å². The lowest BCUT2D eigenvalue weighted by Crippen LogP contribution is -2.19. The minimum absolute atomic E-state index is 0.628. The molecule has 118 valence electrons. The summed E-state index contributed by atoms with van der Waals surface area (Å²) in [7, 11) is 0. The summed E-state index contributed by atoms with van der Waals surface area (Å²) in [6.07, 6.45) is 11.6. The zero-order valence-electron chi connectivity index (χ0n) is 13.8. The Kier molecular flexibility index (Phi) is 6.91. The molecule has 0 radical (unpaired) electrons. The first kappa shape index (κ1) is 16.2. The summed E-state index contributed by atoms with van der Waals surface area (Å²) in [5.41, 5.74) is 2.64. The summed E-state index contributed by atoms with van der Waals surface area (Å²) < 4.78 is 5.59. The van der Waals surface area contributed by atoms with Crippen LogP contribution >= 0.6 is 0 Å². The third kappa shape index (κ3) is 5.26. The van der Waals surface area contributed by atoms with Gasteiger partial charge in [0, 0.05) is 18.2 Å². The van der Waals surface area contributed by atoms with Crippen molar-refractivity contribution in [3.05, 3.63) is 23.8 Å². The van der Waals surface area contributed by atoms with Crippen LogP contribution in [0.15, 0.2) is 18.2 Å². The number of nitrogens with one attached hydrogen (secondary N) is 1. The molecular weight excluding hydrogens is 258 g/mol. The van der Waals surface area contributed by atoms with Gasteiger partial charge in [-0.05, 0) is 36.6 Å². The molecule has 1 aliphatic heterocycles. The van der Waals surface area contributed by atoms with Gasteiger partial charge < -0.3 is 10.1 Å². The van der Waals surface area contributed by atoms with Crippen molar-refractivity contribution in [1.29, 1.82) is 0 Å². The molecule has 0 fully saturated rings. The molecule has 1 aliphatic rings. The van der Waals surface area contributed by atoms with E-state index in [2.05, 4.69) is 37.4 Å². The van der Waals surface area contributed by atoms with Crippen molar-refractivity contribution >= 4 is 5.69 Å². The summed E-state index contributed by atoms with van der Waals surface area (Å²) in [5, 5.41) is 3.77. The number of anilines is 1. The number of rotatable bonds is 10. The molecule has 1 N–H and O–H groups in total. The van der Waals surface area contributed by atoms with Crippen molar-refractivity contribution in [3.8, 4) is 5.75 Å². The van der Waals surface area contributed by atoms with Crippen molar-refractivity contribution < 1.29 is 4.74 Å². The van der Waals surface area contributed by atoms with Crippen LogP contribution in [0.2, 0.25) is 0 Å². The van der Waals surface area contributed by atoms with Gasteiger partial charge in [-0.2, -0.15) is 0 Å². The summed E-state index contributed by atoms with van der Waals surface area (Å²) in [6.45, 7) is 5.40. The third-order valence-corrected chi connectivity index (χ3v) is 4.37. The molecule has 0 spiro atoms. The highest BCUT2D eigenvalue weighted by molar-refractivity contribution is 5.52. The first-order valence-corrected chi connectivity index (χ1v) is 8.85. The van der Waals surface area contributed by atoms with Crippen LogP contribution in [0.5, 0.6) is 5.75 Å². The van der Waals surface area contributed by atoms with Gasteiger partial charge in [-0.15, -0.1) is 0 Å². The summed E-state index contributed by atoms with van der Waals surface area (Å²) in [5.74, 6) is 1.08. The highest BCUT2D eigenvalue weighted by Crippen LogP contribution is 2.28. The Morgan fingerprint density at radius 2 is 1.76 bits per heavy atom. The first-order chi connectivity index (χ1) is 10.3. The Morgan fingerprint density at radius 1 is 1.05 bits per heavy atom. The molecule has 1 aromatic carbocycles. The van der Waals surface area contributed by atoms with Gasteiger partial charge in [0.05, 0.1) is 6.61 Å². The Hall–Kier alpha value is -1.18. The number of fused-ring (bicyclic) bond motifs is 1. The fourth-order valence-electron chi connectivity index (χ4n) is 3.08. The lowest BCUT2D eigenvalue weighted by molar-refractivity contribution is 0.357. The average molecular weight is 289 g/mol. The SMILES string of the molecule is CCCCCC(CCCCC)Nc1ccc2c(c1)CCO2. The van der Waals surface area contributed by atoms with Crippen LogP contribution in [-0.2, 0) is 6.42 Å². The zero-order chi connectivity index (χ0) is 14.9. The van der Waals surface area contributed by atoms with Crippen molar-refractivity contribution in [1.82, 2.24) is 0 Å². The molecule has 2 nitrogen and oxygen atoms in total. The molecule has 0 saturated carbocycles. The van der Waals surface area contributed by atoms with Crippen LogP contribution < -0.4 is 10.1 Å². The number of hydrogen-bond donors (Lipinski definition) is 1. The number of ether oxygens (including phenoxy) is 1. The van der Waals surface area contributed by atoms with Crippen LogP contribution in [0.3, 0.4) is 0 Å². The predicted molar refractivity (Wildman–Crippen MR) is 91.3 cm³/mol. The van der Waals surface area contributed by atoms with Gasteiger partial charge in [-0.25, -0.2) is 0 Å². The zero-order valence-corrected chi connectivity index (χ0v) is 13.8. The van der Waals surface area contributed by atoms with Crippen LogP contribution in [0.4, 0.5) is 5.69 Å². The van der Waals surface area contributed by atoms with Crippen LogP contribution in [0.1, 0.15) is 70.8 Å². The molecule has 0 bridgehead atoms. The molecule has 1 heterocycles. The van der Waals surface area contributed by atoms with Crippen LogP contribution in [0.25, 0.3) is 0 Å². The second kappa shape index (κ2) is 8.96. The molecule has 0 unspecified atom stereocenters. The van der Waals surface area contributed by atoms with E-state index < -0.39 is 0 Å². The van der Waals surface area contributed by atoms with E-state index in [0.717, 1.165) is 18.8 Å². The molecule has 0 aliphatic carbocycles. The van der Waals surface area contributed by atoms with Crippen molar-refractivity contribution in [3.63, 3.8) is 0 Å². The maximum atomic E-state index is 5.59. The highest BCUT2D eigenvalue weighted by atomic mass is 16.5. The molecule has 0 amide bonds. The van der Waals surface area contributed by atoms with Crippen LogP contribution in [-0.4, -0.2) is 12.6 Å². The third-order valence-electron chi connectivity index (χ3n) is 4.37. The van der Waals surface area contributed by atoms with E-state index in [9.17, 15) is 0 Å². The van der Waals surface area contributed by atoms with E-state index in [1.54, 1.807) is 0 Å². The van der Waals surface area contributed by atoms with E-state index in [-0.39, 0.29) is 0 Å². The van der Waals surface area contributed by atoms with Gasteiger partial charge >= 0.3 is 0 Å². The van der Waals surface area contributed by atoms with Gasteiger partial charge in [0.15, 0.2) is 0 Å². The van der Waals surface area contributed by atoms with Crippen molar-refractivity contribution in [2.45, 2.75) is 77.7 Å². The molecule has 0 saturated heterocycles. The van der Waals surface area contributed by atoms with Gasteiger partial charge in [-0.1, -0.05) is 52.4 Å². The Bertz CT molecular complexity index is 406. The minimum atomic E-state index is 0.628. The van der Waals surface area contributed by atoms with E-state index >= 15 is 0 Å². The maximum absolute atomic E-state index is 5.59. The summed E-state index contributed by atoms with van der Waals surface area (Å²) in [4.78, 5) is 0. The number of benzene rings is 1. The Morgan fingerprint density at radius 3 is 2.43 bits per heavy atom. The van der Waals surface area contributed by atoms with Gasteiger partial charge in [0.1, 0.15) is 5.75 Å². The summed E-state index contributed by atoms with van der Waals surface area (Å²) >= 11 is 0. The smallest absolute Gasteiger partial charge is 0.122 e. The standard InChI is InChI=1S/C19H31NO/c1-3-5-7-9-17(10-8-6-4-2)20-18-11-12-19-16(15-18)13-14-21-19/h11-12,15,17,20H,3-10,13-14H2,1-2H3. The predicted octanol–water partition coefficient (Wildman–Crippen LogP) is 5.56. The molecule has 2 heteroatoms. The molecular formula is C19H31NO. The molecule has 0 aromatic heterocycles. The highest BCUT2D eigenvalue weighted by Gasteiger charge is 2.14. The Labute approximate surface area is 130 Å². The Balaban J connectivity index is 1.89. The summed E-state index contributed by atoms with van der Waals surface area (Å²) in [6, 6.07) is 7.22. The first-order valence-electron chi connectivity index (χ1n) is 8.85. The average Bonchev–Trinajstić information content (AvgIpc) is 2.95. The molecule has 1 aromatic rings. The fourth-order valence-corrected chi connectivity index (χ4v) is 3.08. The number of hydrogen-bond acceptors (Lipinski definition) is 2. The molecule has 21 heavy (non-hydrogen) atoms.